The fourth-order valence-corrected chi connectivity index (χ4v) is 1.71. The lowest BCUT2D eigenvalue weighted by atomic mass is 10.1. The van der Waals surface area contributed by atoms with Gasteiger partial charge in [-0.1, -0.05) is 17.7 Å². The van der Waals surface area contributed by atoms with E-state index in [-0.39, 0.29) is 12.3 Å². The van der Waals surface area contributed by atoms with Crippen LogP contribution in [0.1, 0.15) is 35.2 Å². The minimum atomic E-state index is -0.813. The van der Waals surface area contributed by atoms with Crippen LogP contribution in [-0.2, 0) is 4.79 Å². The molecule has 0 atom stereocenters. The zero-order chi connectivity index (χ0) is 13.5. The number of hydrogen-bond acceptors (Lipinski definition) is 2. The van der Waals surface area contributed by atoms with Crippen molar-refractivity contribution in [3.8, 4) is 0 Å². The molecule has 1 aromatic rings. The summed E-state index contributed by atoms with van der Waals surface area (Å²) in [6.45, 7) is 2.31. The molecule has 0 saturated carbocycles. The lowest BCUT2D eigenvalue weighted by Crippen LogP contribution is -2.25. The molecule has 0 spiro atoms. The van der Waals surface area contributed by atoms with E-state index in [1.807, 2.05) is 6.92 Å². The number of carbonyl (C=O) groups is 2. The van der Waals surface area contributed by atoms with Crippen LogP contribution >= 0.6 is 11.6 Å². The molecule has 5 heteroatoms. The van der Waals surface area contributed by atoms with Gasteiger partial charge in [-0.05, 0) is 37.5 Å². The molecule has 1 amide bonds. The van der Waals surface area contributed by atoms with Crippen LogP contribution in [0, 0.1) is 6.92 Å². The number of aliphatic carboxylic acids is 1. The van der Waals surface area contributed by atoms with Crippen molar-refractivity contribution in [2.45, 2.75) is 26.2 Å². The van der Waals surface area contributed by atoms with Crippen molar-refractivity contribution in [2.75, 3.05) is 6.54 Å². The second-order valence-electron chi connectivity index (χ2n) is 4.07. The highest BCUT2D eigenvalue weighted by molar-refractivity contribution is 6.31. The third kappa shape index (κ3) is 4.75. The van der Waals surface area contributed by atoms with E-state index in [1.54, 1.807) is 18.2 Å². The largest absolute Gasteiger partial charge is 0.481 e. The SMILES string of the molecule is Cc1ccc(Cl)cc1C(=O)NCCCCC(=O)O. The van der Waals surface area contributed by atoms with Crippen LogP contribution in [0.4, 0.5) is 0 Å². The summed E-state index contributed by atoms with van der Waals surface area (Å²) in [5.41, 5.74) is 1.42. The zero-order valence-corrected chi connectivity index (χ0v) is 11.0. The first kappa shape index (κ1) is 14.5. The molecule has 0 radical (unpaired) electrons. The molecule has 0 heterocycles. The van der Waals surface area contributed by atoms with Crippen LogP contribution in [0.5, 0.6) is 0 Å². The highest BCUT2D eigenvalue weighted by atomic mass is 35.5. The molecular formula is C13H16ClNO3. The van der Waals surface area contributed by atoms with Crippen molar-refractivity contribution < 1.29 is 14.7 Å². The van der Waals surface area contributed by atoms with Crippen molar-refractivity contribution in [3.05, 3.63) is 34.3 Å². The summed E-state index contributed by atoms with van der Waals surface area (Å²) in [6.07, 6.45) is 1.34. The summed E-state index contributed by atoms with van der Waals surface area (Å²) in [5, 5.41) is 11.7. The van der Waals surface area contributed by atoms with Crippen molar-refractivity contribution in [1.82, 2.24) is 5.32 Å². The Morgan fingerprint density at radius 1 is 1.33 bits per heavy atom. The van der Waals surface area contributed by atoms with Gasteiger partial charge in [0.2, 0.25) is 0 Å². The maximum absolute atomic E-state index is 11.8. The lowest BCUT2D eigenvalue weighted by Gasteiger charge is -2.07. The summed E-state index contributed by atoms with van der Waals surface area (Å²) in [7, 11) is 0. The summed E-state index contributed by atoms with van der Waals surface area (Å²) >= 11 is 5.83. The number of benzene rings is 1. The minimum Gasteiger partial charge on any atom is -0.481 e. The average Bonchev–Trinajstić information content (AvgIpc) is 2.31. The monoisotopic (exact) mass is 269 g/mol. The molecule has 0 aliphatic carbocycles. The van der Waals surface area contributed by atoms with Crippen LogP contribution in [0.15, 0.2) is 18.2 Å². The summed E-state index contributed by atoms with van der Waals surface area (Å²) in [4.78, 5) is 22.1. The normalized spacial score (nSPS) is 10.1. The van der Waals surface area contributed by atoms with Crippen LogP contribution in [0.2, 0.25) is 5.02 Å². The number of carboxylic acids is 1. The predicted molar refractivity (Wildman–Crippen MR) is 70.0 cm³/mol. The average molecular weight is 270 g/mol. The Bertz CT molecular complexity index is 446. The second-order valence-corrected chi connectivity index (χ2v) is 4.50. The molecule has 98 valence electrons. The molecule has 18 heavy (non-hydrogen) atoms. The molecule has 1 rings (SSSR count). The van der Waals surface area contributed by atoms with Gasteiger partial charge in [0, 0.05) is 23.6 Å². The molecule has 0 aromatic heterocycles. The molecule has 0 unspecified atom stereocenters. The summed E-state index contributed by atoms with van der Waals surface area (Å²) in [6, 6.07) is 5.16. The third-order valence-corrected chi connectivity index (χ3v) is 2.78. The van der Waals surface area contributed by atoms with Crippen LogP contribution in [0.3, 0.4) is 0 Å². The van der Waals surface area contributed by atoms with E-state index in [0.717, 1.165) is 5.56 Å². The Balaban J connectivity index is 2.41. The van der Waals surface area contributed by atoms with Crippen LogP contribution in [0.25, 0.3) is 0 Å². The molecule has 0 saturated heterocycles. The molecule has 0 fully saturated rings. The van der Waals surface area contributed by atoms with Gasteiger partial charge in [-0.15, -0.1) is 0 Å². The van der Waals surface area contributed by atoms with E-state index in [1.165, 1.54) is 0 Å². The Morgan fingerprint density at radius 3 is 2.72 bits per heavy atom. The van der Waals surface area contributed by atoms with Crippen molar-refractivity contribution in [1.29, 1.82) is 0 Å². The van der Waals surface area contributed by atoms with Crippen molar-refractivity contribution in [2.24, 2.45) is 0 Å². The quantitative estimate of drug-likeness (QED) is 0.780. The Labute approximate surface area is 111 Å². The van der Waals surface area contributed by atoms with Gasteiger partial charge in [0.05, 0.1) is 0 Å². The fraction of sp³-hybridized carbons (Fsp3) is 0.385. The van der Waals surface area contributed by atoms with Crippen molar-refractivity contribution >= 4 is 23.5 Å². The Kier molecular flexibility index (Phi) is 5.65. The Morgan fingerprint density at radius 2 is 2.06 bits per heavy atom. The number of halogens is 1. The van der Waals surface area contributed by atoms with Gasteiger partial charge in [-0.25, -0.2) is 0 Å². The molecule has 0 aliphatic rings. The minimum absolute atomic E-state index is 0.131. The second kappa shape index (κ2) is 7.01. The van der Waals surface area contributed by atoms with E-state index in [4.69, 9.17) is 16.7 Å². The number of unbranched alkanes of at least 4 members (excludes halogenated alkanes) is 1. The maximum atomic E-state index is 11.8. The van der Waals surface area contributed by atoms with Crippen molar-refractivity contribution in [3.63, 3.8) is 0 Å². The first-order valence-electron chi connectivity index (χ1n) is 5.77. The topological polar surface area (TPSA) is 66.4 Å². The smallest absolute Gasteiger partial charge is 0.303 e. The number of carboxylic acid groups (broad SMARTS) is 1. The van der Waals surface area contributed by atoms with Gasteiger partial charge in [0.1, 0.15) is 0 Å². The van der Waals surface area contributed by atoms with E-state index in [2.05, 4.69) is 5.32 Å². The van der Waals surface area contributed by atoms with Gasteiger partial charge >= 0.3 is 5.97 Å². The zero-order valence-electron chi connectivity index (χ0n) is 10.2. The lowest BCUT2D eigenvalue weighted by molar-refractivity contribution is -0.137. The van der Waals surface area contributed by atoms with Gasteiger partial charge in [-0.3, -0.25) is 9.59 Å². The molecule has 0 bridgehead atoms. The maximum Gasteiger partial charge on any atom is 0.303 e. The van der Waals surface area contributed by atoms with Gasteiger partial charge in [0.15, 0.2) is 0 Å². The van der Waals surface area contributed by atoms with Gasteiger partial charge in [-0.2, -0.15) is 0 Å². The molecule has 0 aliphatic heterocycles. The molecule has 2 N–H and O–H groups in total. The van der Waals surface area contributed by atoms with Gasteiger partial charge < -0.3 is 10.4 Å². The molecular weight excluding hydrogens is 254 g/mol. The van der Waals surface area contributed by atoms with Gasteiger partial charge in [0.25, 0.3) is 5.91 Å². The number of amides is 1. The highest BCUT2D eigenvalue weighted by Crippen LogP contribution is 2.15. The summed E-state index contributed by atoms with van der Waals surface area (Å²) < 4.78 is 0. The fourth-order valence-electron chi connectivity index (χ4n) is 1.54. The van der Waals surface area contributed by atoms with Crippen LogP contribution < -0.4 is 5.32 Å². The standard InChI is InChI=1S/C13H16ClNO3/c1-9-5-6-10(14)8-11(9)13(18)15-7-3-2-4-12(16)17/h5-6,8H,2-4,7H2,1H3,(H,15,18)(H,16,17). The van der Waals surface area contributed by atoms with Crippen LogP contribution in [-0.4, -0.2) is 23.5 Å². The summed E-state index contributed by atoms with van der Waals surface area (Å²) in [5.74, 6) is -0.989. The third-order valence-electron chi connectivity index (χ3n) is 2.55. The molecule has 4 nitrogen and oxygen atoms in total. The number of aryl methyl sites for hydroxylation is 1. The Hall–Kier alpha value is -1.55. The highest BCUT2D eigenvalue weighted by Gasteiger charge is 2.08. The molecule has 1 aromatic carbocycles. The first-order chi connectivity index (χ1) is 8.50. The number of rotatable bonds is 6. The van der Waals surface area contributed by atoms with E-state index in [0.29, 0.717) is 30.0 Å². The number of carbonyl (C=O) groups excluding carboxylic acids is 1. The van der Waals surface area contributed by atoms with E-state index < -0.39 is 5.97 Å². The predicted octanol–water partition coefficient (Wildman–Crippen LogP) is 2.63. The van der Waals surface area contributed by atoms with E-state index >= 15 is 0 Å². The number of hydrogen-bond donors (Lipinski definition) is 2. The van der Waals surface area contributed by atoms with E-state index in [9.17, 15) is 9.59 Å². The number of nitrogens with one attached hydrogen (secondary N) is 1. The first-order valence-corrected chi connectivity index (χ1v) is 6.14.